The summed E-state index contributed by atoms with van der Waals surface area (Å²) in [5, 5.41) is 0.0627. The third-order valence-corrected chi connectivity index (χ3v) is 3.37. The Hall–Kier alpha value is -0.310. The van der Waals surface area contributed by atoms with E-state index in [2.05, 4.69) is 0 Å². The van der Waals surface area contributed by atoms with E-state index in [4.69, 9.17) is 0 Å². The molecule has 1 aliphatic rings. The van der Waals surface area contributed by atoms with E-state index in [1.54, 1.807) is 0 Å². The average molecular weight is 172 g/mol. The number of carbonyl (C=O) groups is 2. The van der Waals surface area contributed by atoms with Gasteiger partial charge in [0.2, 0.25) is 0 Å². The summed E-state index contributed by atoms with van der Waals surface area (Å²) in [4.78, 5) is 22.0. The van der Waals surface area contributed by atoms with Gasteiger partial charge in [0.1, 0.15) is 5.78 Å². The second-order valence-electron chi connectivity index (χ2n) is 3.16. The van der Waals surface area contributed by atoms with Crippen molar-refractivity contribution in [3.05, 3.63) is 0 Å². The Kier molecular flexibility index (Phi) is 2.71. The van der Waals surface area contributed by atoms with Crippen LogP contribution in [0.1, 0.15) is 20.3 Å². The molecule has 1 unspecified atom stereocenters. The predicted octanol–water partition coefficient (Wildman–Crippen LogP) is 1.29. The maximum Gasteiger partial charge on any atom is 0.153 e. The van der Waals surface area contributed by atoms with Crippen LogP contribution in [0.3, 0.4) is 0 Å². The van der Waals surface area contributed by atoms with Crippen molar-refractivity contribution in [1.82, 2.24) is 0 Å². The van der Waals surface area contributed by atoms with Gasteiger partial charge in [-0.3, -0.25) is 9.59 Å². The normalized spacial score (nSPS) is 26.3. The zero-order chi connectivity index (χ0) is 8.43. The maximum atomic E-state index is 11.2. The lowest BCUT2D eigenvalue weighted by Gasteiger charge is -2.22. The molecule has 0 spiro atoms. The van der Waals surface area contributed by atoms with E-state index in [1.807, 2.05) is 13.8 Å². The van der Waals surface area contributed by atoms with E-state index in [0.29, 0.717) is 11.7 Å². The van der Waals surface area contributed by atoms with Crippen molar-refractivity contribution >= 4 is 23.3 Å². The summed E-state index contributed by atoms with van der Waals surface area (Å²) in [5.74, 6) is 1.08. The molecule has 0 bridgehead atoms. The SMILES string of the molecule is CC(C)C1SCC(=O)CC1=O. The van der Waals surface area contributed by atoms with Gasteiger partial charge < -0.3 is 0 Å². The van der Waals surface area contributed by atoms with E-state index < -0.39 is 0 Å². The lowest BCUT2D eigenvalue weighted by Crippen LogP contribution is -2.31. The molecule has 0 aromatic rings. The number of ketones is 2. The van der Waals surface area contributed by atoms with Crippen LogP contribution in [0.2, 0.25) is 0 Å². The molecular formula is C8H12O2S. The summed E-state index contributed by atoms with van der Waals surface area (Å²) in [5.41, 5.74) is 0. The number of thioether (sulfide) groups is 1. The number of hydrogen-bond acceptors (Lipinski definition) is 3. The van der Waals surface area contributed by atoms with Crippen LogP contribution in [0, 0.1) is 5.92 Å². The largest absolute Gasteiger partial charge is 0.298 e. The molecule has 0 aliphatic carbocycles. The Bertz CT molecular complexity index is 187. The van der Waals surface area contributed by atoms with E-state index in [9.17, 15) is 9.59 Å². The fourth-order valence-electron chi connectivity index (χ4n) is 1.19. The van der Waals surface area contributed by atoms with Gasteiger partial charge in [-0.1, -0.05) is 13.8 Å². The molecule has 1 atom stereocenters. The Morgan fingerprint density at radius 1 is 1.45 bits per heavy atom. The van der Waals surface area contributed by atoms with E-state index >= 15 is 0 Å². The molecule has 0 aromatic carbocycles. The number of Topliss-reactive ketones (excluding diaryl/α,β-unsaturated/α-hetero) is 2. The van der Waals surface area contributed by atoms with Gasteiger partial charge in [-0.15, -0.1) is 11.8 Å². The van der Waals surface area contributed by atoms with Crippen LogP contribution in [0.25, 0.3) is 0 Å². The van der Waals surface area contributed by atoms with Crippen molar-refractivity contribution in [2.75, 3.05) is 5.75 Å². The van der Waals surface area contributed by atoms with Gasteiger partial charge in [0.15, 0.2) is 5.78 Å². The lowest BCUT2D eigenvalue weighted by molar-refractivity contribution is -0.126. The van der Waals surface area contributed by atoms with Gasteiger partial charge in [-0.25, -0.2) is 0 Å². The van der Waals surface area contributed by atoms with Crippen molar-refractivity contribution in [3.63, 3.8) is 0 Å². The van der Waals surface area contributed by atoms with Gasteiger partial charge >= 0.3 is 0 Å². The zero-order valence-electron chi connectivity index (χ0n) is 6.79. The highest BCUT2D eigenvalue weighted by atomic mass is 32.2. The number of hydrogen-bond donors (Lipinski definition) is 0. The Labute approximate surface area is 70.7 Å². The molecule has 62 valence electrons. The van der Waals surface area contributed by atoms with Crippen molar-refractivity contribution < 1.29 is 9.59 Å². The first-order valence-corrected chi connectivity index (χ1v) is 4.82. The quantitative estimate of drug-likeness (QED) is 0.559. The molecule has 0 saturated carbocycles. The highest BCUT2D eigenvalue weighted by molar-refractivity contribution is 8.01. The van der Waals surface area contributed by atoms with Crippen molar-refractivity contribution in [2.45, 2.75) is 25.5 Å². The summed E-state index contributed by atoms with van der Waals surface area (Å²) in [6.45, 7) is 4.04. The second kappa shape index (κ2) is 3.39. The average Bonchev–Trinajstić information content (AvgIpc) is 1.85. The molecule has 1 rings (SSSR count). The van der Waals surface area contributed by atoms with Crippen LogP contribution in [0.15, 0.2) is 0 Å². The topological polar surface area (TPSA) is 34.1 Å². The minimum Gasteiger partial charge on any atom is -0.298 e. The summed E-state index contributed by atoms with van der Waals surface area (Å²) >= 11 is 1.49. The third kappa shape index (κ3) is 2.06. The fourth-order valence-corrected chi connectivity index (χ4v) is 2.31. The zero-order valence-corrected chi connectivity index (χ0v) is 7.61. The summed E-state index contributed by atoms with van der Waals surface area (Å²) in [6.07, 6.45) is 0.163. The molecule has 2 nitrogen and oxygen atoms in total. The monoisotopic (exact) mass is 172 g/mol. The van der Waals surface area contributed by atoms with Gasteiger partial charge in [-0.05, 0) is 5.92 Å². The van der Waals surface area contributed by atoms with E-state index in [1.165, 1.54) is 11.8 Å². The molecule has 0 N–H and O–H groups in total. The van der Waals surface area contributed by atoms with Gasteiger partial charge in [-0.2, -0.15) is 0 Å². The highest BCUT2D eigenvalue weighted by Crippen LogP contribution is 2.26. The van der Waals surface area contributed by atoms with Crippen LogP contribution in [0.4, 0.5) is 0 Å². The smallest absolute Gasteiger partial charge is 0.153 e. The van der Waals surface area contributed by atoms with Crippen LogP contribution in [-0.4, -0.2) is 22.6 Å². The van der Waals surface area contributed by atoms with Gasteiger partial charge in [0.25, 0.3) is 0 Å². The molecule has 1 heterocycles. The van der Waals surface area contributed by atoms with E-state index in [0.717, 1.165) is 0 Å². The minimum absolute atomic E-state index is 0.0627. The Morgan fingerprint density at radius 2 is 2.09 bits per heavy atom. The van der Waals surface area contributed by atoms with E-state index in [-0.39, 0.29) is 23.2 Å². The maximum absolute atomic E-state index is 11.2. The molecule has 11 heavy (non-hydrogen) atoms. The van der Waals surface area contributed by atoms with Crippen LogP contribution in [-0.2, 0) is 9.59 Å². The van der Waals surface area contributed by atoms with Gasteiger partial charge in [0, 0.05) is 0 Å². The second-order valence-corrected chi connectivity index (χ2v) is 4.29. The van der Waals surface area contributed by atoms with Crippen molar-refractivity contribution in [2.24, 2.45) is 5.92 Å². The third-order valence-electron chi connectivity index (χ3n) is 1.72. The number of carbonyl (C=O) groups excluding carboxylic acids is 2. The van der Waals surface area contributed by atoms with Crippen molar-refractivity contribution in [1.29, 1.82) is 0 Å². The molecule has 0 aromatic heterocycles. The molecule has 1 fully saturated rings. The Morgan fingerprint density at radius 3 is 2.55 bits per heavy atom. The highest BCUT2D eigenvalue weighted by Gasteiger charge is 2.29. The predicted molar refractivity (Wildman–Crippen MR) is 45.7 cm³/mol. The summed E-state index contributed by atoms with van der Waals surface area (Å²) < 4.78 is 0. The standard InChI is InChI=1S/C8H12O2S/c1-5(2)8-7(10)3-6(9)4-11-8/h5,8H,3-4H2,1-2H3. The summed E-state index contributed by atoms with van der Waals surface area (Å²) in [7, 11) is 0. The molecule has 0 radical (unpaired) electrons. The Balaban J connectivity index is 2.57. The molecule has 1 saturated heterocycles. The van der Waals surface area contributed by atoms with Crippen LogP contribution < -0.4 is 0 Å². The lowest BCUT2D eigenvalue weighted by atomic mass is 10.0. The molecule has 0 amide bonds. The number of rotatable bonds is 1. The summed E-state index contributed by atoms with van der Waals surface area (Å²) in [6, 6.07) is 0. The fraction of sp³-hybridized carbons (Fsp3) is 0.750. The first-order valence-electron chi connectivity index (χ1n) is 3.77. The van der Waals surface area contributed by atoms with Gasteiger partial charge in [0.05, 0.1) is 17.4 Å². The molecule has 3 heteroatoms. The van der Waals surface area contributed by atoms with Crippen LogP contribution in [0.5, 0.6) is 0 Å². The van der Waals surface area contributed by atoms with Crippen molar-refractivity contribution in [3.8, 4) is 0 Å². The van der Waals surface area contributed by atoms with Crippen LogP contribution >= 0.6 is 11.8 Å². The minimum atomic E-state index is 0.0627. The first-order chi connectivity index (χ1) is 5.11. The first kappa shape index (κ1) is 8.78. The molecular weight excluding hydrogens is 160 g/mol. The molecule has 1 aliphatic heterocycles.